The van der Waals surface area contributed by atoms with Crippen LogP contribution in [0.5, 0.6) is 0 Å². The predicted molar refractivity (Wildman–Crippen MR) is 75.5 cm³/mol. The van der Waals surface area contributed by atoms with Gasteiger partial charge in [-0.3, -0.25) is 0 Å². The first-order chi connectivity index (χ1) is 8.76. The number of nitrogens with zero attached hydrogens (tertiary/aromatic N) is 1. The summed E-state index contributed by atoms with van der Waals surface area (Å²) < 4.78 is 0. The van der Waals surface area contributed by atoms with Gasteiger partial charge in [0.05, 0.1) is 11.9 Å². The molecule has 0 bridgehead atoms. The van der Waals surface area contributed by atoms with Crippen LogP contribution in [0.3, 0.4) is 0 Å². The number of rotatable bonds is 5. The molecule has 0 fully saturated rings. The quantitative estimate of drug-likeness (QED) is 0.847. The maximum Gasteiger partial charge on any atom is 0.110 e. The molecule has 0 aliphatic carbocycles. The van der Waals surface area contributed by atoms with E-state index < -0.39 is 0 Å². The molecule has 0 aliphatic rings. The topological polar surface area (TPSA) is 54.7 Å². The highest BCUT2D eigenvalue weighted by atomic mass is 14.9. The van der Waals surface area contributed by atoms with Crippen molar-refractivity contribution in [2.75, 3.05) is 6.54 Å². The normalized spacial score (nSPS) is 12.6. The molecule has 3 nitrogen and oxygen atoms in total. The molecule has 2 rings (SSSR count). The molecule has 0 amide bonds. The fourth-order valence-corrected chi connectivity index (χ4v) is 2.27. The molecule has 0 radical (unpaired) electrons. The Morgan fingerprint density at radius 2 is 2.11 bits per heavy atom. The number of benzene rings is 1. The number of nitrogens with one attached hydrogen (secondary N) is 1. The van der Waals surface area contributed by atoms with Crippen LogP contribution in [0.2, 0.25) is 0 Å². The lowest BCUT2D eigenvalue weighted by molar-refractivity contribution is 0.595. The van der Waals surface area contributed by atoms with Crippen LogP contribution < -0.4 is 5.73 Å². The van der Waals surface area contributed by atoms with E-state index in [1.165, 1.54) is 11.1 Å². The fourth-order valence-electron chi connectivity index (χ4n) is 2.27. The van der Waals surface area contributed by atoms with Gasteiger partial charge in [-0.2, -0.15) is 0 Å². The highest BCUT2D eigenvalue weighted by Gasteiger charge is 2.13. The van der Waals surface area contributed by atoms with Crippen molar-refractivity contribution >= 4 is 0 Å². The lowest BCUT2D eigenvalue weighted by atomic mass is 10.0. The maximum absolute atomic E-state index is 5.81. The Hall–Kier alpha value is -1.61. The highest BCUT2D eigenvalue weighted by molar-refractivity contribution is 5.62. The Labute approximate surface area is 108 Å². The Balaban J connectivity index is 2.28. The number of nitrogens with two attached hydrogens (primary N) is 1. The molecule has 0 saturated heterocycles. The van der Waals surface area contributed by atoms with Crippen molar-refractivity contribution in [1.29, 1.82) is 0 Å². The average molecular weight is 243 g/mol. The van der Waals surface area contributed by atoms with E-state index in [1.54, 1.807) is 0 Å². The summed E-state index contributed by atoms with van der Waals surface area (Å²) in [4.78, 5) is 7.90. The van der Waals surface area contributed by atoms with Gasteiger partial charge in [0, 0.05) is 18.0 Å². The predicted octanol–water partition coefficient (Wildman–Crippen LogP) is 3.23. The number of hydrogen-bond donors (Lipinski definition) is 2. The minimum absolute atomic E-state index is 0.341. The molecule has 0 aliphatic heterocycles. The summed E-state index contributed by atoms with van der Waals surface area (Å²) in [6, 6.07) is 8.33. The minimum Gasteiger partial charge on any atom is -0.342 e. The van der Waals surface area contributed by atoms with E-state index in [4.69, 9.17) is 5.73 Å². The standard InChI is InChI=1S/C15H21N3/c1-3-6-12(9-16)15-17-10-14(18-15)13-8-5-4-7-11(13)2/h4-5,7-8,10,12H,3,6,9,16H2,1-2H3,(H,17,18). The van der Waals surface area contributed by atoms with Crippen molar-refractivity contribution in [3.05, 3.63) is 41.9 Å². The molecule has 3 N–H and O–H groups in total. The third-order valence-electron chi connectivity index (χ3n) is 3.34. The molecular formula is C15H21N3. The fraction of sp³-hybridized carbons (Fsp3) is 0.400. The first-order valence-electron chi connectivity index (χ1n) is 6.57. The van der Waals surface area contributed by atoms with E-state index in [-0.39, 0.29) is 0 Å². The summed E-state index contributed by atoms with van der Waals surface area (Å²) in [7, 11) is 0. The van der Waals surface area contributed by atoms with E-state index in [2.05, 4.69) is 48.1 Å². The van der Waals surface area contributed by atoms with E-state index in [0.717, 1.165) is 24.4 Å². The summed E-state index contributed by atoms with van der Waals surface area (Å²) in [6.45, 7) is 4.94. The first-order valence-corrected chi connectivity index (χ1v) is 6.57. The number of H-pyrrole nitrogens is 1. The van der Waals surface area contributed by atoms with Crippen LogP contribution >= 0.6 is 0 Å². The smallest absolute Gasteiger partial charge is 0.110 e. The van der Waals surface area contributed by atoms with Crippen LogP contribution in [0.25, 0.3) is 11.3 Å². The number of aromatic nitrogens is 2. The Bertz CT molecular complexity index is 502. The summed E-state index contributed by atoms with van der Waals surface area (Å²) in [5.41, 5.74) is 9.36. The van der Waals surface area contributed by atoms with Gasteiger partial charge >= 0.3 is 0 Å². The summed E-state index contributed by atoms with van der Waals surface area (Å²) in [6.07, 6.45) is 4.12. The number of aryl methyl sites for hydroxylation is 1. The molecule has 1 aromatic carbocycles. The zero-order valence-corrected chi connectivity index (χ0v) is 11.1. The molecule has 2 aromatic rings. The second kappa shape index (κ2) is 5.83. The zero-order valence-electron chi connectivity index (χ0n) is 11.1. The van der Waals surface area contributed by atoms with Gasteiger partial charge in [0.2, 0.25) is 0 Å². The Morgan fingerprint density at radius 3 is 2.78 bits per heavy atom. The van der Waals surface area contributed by atoms with Crippen LogP contribution in [0.15, 0.2) is 30.5 Å². The molecule has 1 atom stereocenters. The van der Waals surface area contributed by atoms with Gasteiger partial charge in [-0.1, -0.05) is 37.6 Å². The van der Waals surface area contributed by atoms with Gasteiger partial charge in [0.25, 0.3) is 0 Å². The van der Waals surface area contributed by atoms with Crippen molar-refractivity contribution in [2.45, 2.75) is 32.6 Å². The number of aromatic amines is 1. The molecule has 3 heteroatoms. The molecule has 0 spiro atoms. The zero-order chi connectivity index (χ0) is 13.0. The Kier molecular flexibility index (Phi) is 4.15. The summed E-state index contributed by atoms with van der Waals surface area (Å²) in [5.74, 6) is 1.35. The highest BCUT2D eigenvalue weighted by Crippen LogP contribution is 2.24. The van der Waals surface area contributed by atoms with Crippen molar-refractivity contribution in [3.8, 4) is 11.3 Å². The van der Waals surface area contributed by atoms with Crippen LogP contribution in [0, 0.1) is 6.92 Å². The van der Waals surface area contributed by atoms with Crippen LogP contribution in [0.1, 0.15) is 37.1 Å². The van der Waals surface area contributed by atoms with E-state index in [0.29, 0.717) is 12.5 Å². The molecule has 1 heterocycles. The molecule has 1 aromatic heterocycles. The van der Waals surface area contributed by atoms with Gasteiger partial charge in [-0.15, -0.1) is 0 Å². The van der Waals surface area contributed by atoms with E-state index in [1.807, 2.05) is 6.20 Å². The Morgan fingerprint density at radius 1 is 1.33 bits per heavy atom. The number of imidazole rings is 1. The molecule has 18 heavy (non-hydrogen) atoms. The van der Waals surface area contributed by atoms with Crippen molar-refractivity contribution in [1.82, 2.24) is 9.97 Å². The van der Waals surface area contributed by atoms with E-state index >= 15 is 0 Å². The lowest BCUT2D eigenvalue weighted by Gasteiger charge is -2.10. The van der Waals surface area contributed by atoms with Crippen LogP contribution in [0.4, 0.5) is 0 Å². The minimum atomic E-state index is 0.341. The number of hydrogen-bond acceptors (Lipinski definition) is 2. The van der Waals surface area contributed by atoms with Gasteiger partial charge in [-0.25, -0.2) is 4.98 Å². The lowest BCUT2D eigenvalue weighted by Crippen LogP contribution is -2.13. The van der Waals surface area contributed by atoms with Gasteiger partial charge in [0.15, 0.2) is 0 Å². The second-order valence-corrected chi connectivity index (χ2v) is 4.72. The van der Waals surface area contributed by atoms with Crippen LogP contribution in [-0.4, -0.2) is 16.5 Å². The van der Waals surface area contributed by atoms with Crippen molar-refractivity contribution in [2.24, 2.45) is 5.73 Å². The summed E-state index contributed by atoms with van der Waals surface area (Å²) in [5, 5.41) is 0. The van der Waals surface area contributed by atoms with Crippen molar-refractivity contribution < 1.29 is 0 Å². The van der Waals surface area contributed by atoms with Crippen molar-refractivity contribution in [3.63, 3.8) is 0 Å². The van der Waals surface area contributed by atoms with Crippen LogP contribution in [-0.2, 0) is 0 Å². The molecular weight excluding hydrogens is 222 g/mol. The van der Waals surface area contributed by atoms with Gasteiger partial charge in [-0.05, 0) is 18.9 Å². The largest absolute Gasteiger partial charge is 0.342 e. The van der Waals surface area contributed by atoms with Gasteiger partial charge in [0.1, 0.15) is 5.82 Å². The van der Waals surface area contributed by atoms with Gasteiger partial charge < -0.3 is 10.7 Å². The SMILES string of the molecule is CCCC(CN)c1ncc(-c2ccccc2C)[nH]1. The maximum atomic E-state index is 5.81. The monoisotopic (exact) mass is 243 g/mol. The third kappa shape index (κ3) is 2.62. The molecule has 1 unspecified atom stereocenters. The first kappa shape index (κ1) is 12.8. The van der Waals surface area contributed by atoms with E-state index in [9.17, 15) is 0 Å². The third-order valence-corrected chi connectivity index (χ3v) is 3.34. The molecule has 0 saturated carbocycles. The second-order valence-electron chi connectivity index (χ2n) is 4.72. The average Bonchev–Trinajstić information content (AvgIpc) is 2.85. The molecule has 96 valence electrons. The summed E-state index contributed by atoms with van der Waals surface area (Å²) >= 11 is 0.